The molecular weight excluding hydrogens is 354 g/mol. The van der Waals surface area contributed by atoms with E-state index in [9.17, 15) is 23.5 Å². The summed E-state index contributed by atoms with van der Waals surface area (Å²) in [6.07, 6.45) is 4.80. The van der Waals surface area contributed by atoms with Crippen LogP contribution in [0.3, 0.4) is 0 Å². The fourth-order valence-electron chi connectivity index (χ4n) is 3.06. The summed E-state index contributed by atoms with van der Waals surface area (Å²) in [7, 11) is 0.500. The first kappa shape index (κ1) is 25.2. The van der Waals surface area contributed by atoms with Gasteiger partial charge in [0.15, 0.2) is 5.82 Å². The standard InChI is InChI=1S/C17H25FN2O3.C2H6.CH3F/c1-12(2)9-15(17(22)23)20-11-13(10-14(18)16(20)21)5-8-19-6-3-4-7-19;2*1-2/h10-12,15H,3-9H2,1-2H3,(H,22,23);1-2H3;1H3. The highest BCUT2D eigenvalue weighted by molar-refractivity contribution is 5.71. The van der Waals surface area contributed by atoms with Crippen LogP contribution < -0.4 is 5.56 Å². The van der Waals surface area contributed by atoms with Crippen LogP contribution in [-0.4, -0.2) is 47.4 Å². The highest BCUT2D eigenvalue weighted by Gasteiger charge is 2.24. The maximum Gasteiger partial charge on any atom is 0.326 e. The minimum Gasteiger partial charge on any atom is -0.480 e. The van der Waals surface area contributed by atoms with E-state index in [1.807, 2.05) is 27.7 Å². The van der Waals surface area contributed by atoms with Gasteiger partial charge < -0.3 is 10.0 Å². The van der Waals surface area contributed by atoms with Gasteiger partial charge in [-0.15, -0.1) is 0 Å². The summed E-state index contributed by atoms with van der Waals surface area (Å²) in [5.74, 6) is -1.88. The van der Waals surface area contributed by atoms with Crippen molar-refractivity contribution < 1.29 is 18.7 Å². The van der Waals surface area contributed by atoms with Crippen LogP contribution in [0.1, 0.15) is 58.6 Å². The van der Waals surface area contributed by atoms with Crippen molar-refractivity contribution in [3.63, 3.8) is 0 Å². The number of carboxylic acid groups (broad SMARTS) is 1. The third kappa shape index (κ3) is 8.20. The van der Waals surface area contributed by atoms with E-state index >= 15 is 0 Å². The summed E-state index contributed by atoms with van der Waals surface area (Å²) >= 11 is 0. The molecule has 1 N–H and O–H groups in total. The van der Waals surface area contributed by atoms with Gasteiger partial charge in [-0.1, -0.05) is 27.7 Å². The Morgan fingerprint density at radius 3 is 2.26 bits per heavy atom. The van der Waals surface area contributed by atoms with Crippen molar-refractivity contribution in [2.24, 2.45) is 5.92 Å². The predicted octanol–water partition coefficient (Wildman–Crippen LogP) is 3.91. The van der Waals surface area contributed by atoms with Crippen LogP contribution in [0.2, 0.25) is 0 Å². The van der Waals surface area contributed by atoms with Gasteiger partial charge in [-0.25, -0.2) is 9.18 Å². The van der Waals surface area contributed by atoms with Gasteiger partial charge in [-0.3, -0.25) is 13.8 Å². The Labute approximate surface area is 161 Å². The molecule has 0 amide bonds. The second-order valence-electron chi connectivity index (χ2n) is 6.69. The lowest BCUT2D eigenvalue weighted by Crippen LogP contribution is -2.33. The molecule has 5 nitrogen and oxygen atoms in total. The Bertz CT molecular complexity index is 612. The molecule has 1 saturated heterocycles. The lowest BCUT2D eigenvalue weighted by Gasteiger charge is -2.19. The monoisotopic (exact) mass is 388 g/mol. The summed E-state index contributed by atoms with van der Waals surface area (Å²) in [4.78, 5) is 25.8. The zero-order valence-corrected chi connectivity index (χ0v) is 17.2. The van der Waals surface area contributed by atoms with Crippen molar-refractivity contribution in [2.45, 2.75) is 59.4 Å². The number of carboxylic acids is 1. The quantitative estimate of drug-likeness (QED) is 0.769. The molecule has 1 aromatic heterocycles. The van der Waals surface area contributed by atoms with E-state index in [1.54, 1.807) is 0 Å². The van der Waals surface area contributed by atoms with Crippen LogP contribution in [0.5, 0.6) is 0 Å². The molecule has 0 spiro atoms. The molecule has 0 aliphatic carbocycles. The van der Waals surface area contributed by atoms with E-state index in [-0.39, 0.29) is 5.92 Å². The van der Waals surface area contributed by atoms with Gasteiger partial charge in [0.1, 0.15) is 6.04 Å². The minimum atomic E-state index is -1.10. The maximum absolute atomic E-state index is 14.0. The number of rotatable bonds is 7. The normalized spacial score (nSPS) is 14.8. The van der Waals surface area contributed by atoms with Gasteiger partial charge in [-0.2, -0.15) is 0 Å². The molecule has 1 unspecified atom stereocenters. The summed E-state index contributed by atoms with van der Waals surface area (Å²) in [5, 5.41) is 9.39. The number of hydrogen-bond donors (Lipinski definition) is 1. The Hall–Kier alpha value is -1.76. The van der Waals surface area contributed by atoms with Crippen LogP contribution in [0.25, 0.3) is 0 Å². The number of pyridine rings is 1. The first-order chi connectivity index (χ1) is 12.9. The van der Waals surface area contributed by atoms with Gasteiger partial charge in [0, 0.05) is 12.7 Å². The number of likely N-dealkylation sites (tertiary alicyclic amines) is 1. The SMILES string of the molecule is CC.CC(C)CC(C(=O)O)n1cc(CCN2CCCC2)cc(F)c1=O.CF. The van der Waals surface area contributed by atoms with E-state index in [1.165, 1.54) is 25.1 Å². The highest BCUT2D eigenvalue weighted by Crippen LogP contribution is 2.18. The van der Waals surface area contributed by atoms with Crippen molar-refractivity contribution in [1.29, 1.82) is 0 Å². The smallest absolute Gasteiger partial charge is 0.326 e. The van der Waals surface area contributed by atoms with Crippen LogP contribution in [0.15, 0.2) is 17.1 Å². The fourth-order valence-corrected chi connectivity index (χ4v) is 3.06. The molecule has 1 fully saturated rings. The first-order valence-electron chi connectivity index (χ1n) is 9.62. The Morgan fingerprint density at radius 1 is 1.22 bits per heavy atom. The zero-order chi connectivity index (χ0) is 21.0. The Balaban J connectivity index is 0.00000158. The third-order valence-corrected chi connectivity index (χ3v) is 4.29. The number of carbonyl (C=O) groups is 1. The topological polar surface area (TPSA) is 62.5 Å². The van der Waals surface area contributed by atoms with Crippen molar-refractivity contribution in [2.75, 3.05) is 26.8 Å². The van der Waals surface area contributed by atoms with Gasteiger partial charge in [-0.05, 0) is 56.3 Å². The molecule has 0 bridgehead atoms. The molecule has 1 aliphatic rings. The number of hydrogen-bond acceptors (Lipinski definition) is 3. The number of aliphatic carboxylic acids is 1. The van der Waals surface area contributed by atoms with Crippen LogP contribution >= 0.6 is 0 Å². The van der Waals surface area contributed by atoms with Crippen LogP contribution in [-0.2, 0) is 11.2 Å². The van der Waals surface area contributed by atoms with Crippen molar-refractivity contribution >= 4 is 5.97 Å². The van der Waals surface area contributed by atoms with E-state index in [0.717, 1.165) is 24.2 Å². The molecule has 1 atom stereocenters. The molecule has 0 aromatic carbocycles. The first-order valence-corrected chi connectivity index (χ1v) is 9.62. The molecule has 27 heavy (non-hydrogen) atoms. The van der Waals surface area contributed by atoms with E-state index < -0.39 is 23.4 Å². The van der Waals surface area contributed by atoms with Gasteiger partial charge in [0.05, 0.1) is 7.18 Å². The Kier molecular flexibility index (Phi) is 12.5. The van der Waals surface area contributed by atoms with Gasteiger partial charge in [0.25, 0.3) is 5.56 Å². The minimum absolute atomic E-state index is 0.0966. The summed E-state index contributed by atoms with van der Waals surface area (Å²) in [5.41, 5.74) is -0.188. The van der Waals surface area contributed by atoms with Gasteiger partial charge in [0.2, 0.25) is 0 Å². The second-order valence-corrected chi connectivity index (χ2v) is 6.69. The molecule has 0 saturated carbocycles. The van der Waals surface area contributed by atoms with E-state index in [0.29, 0.717) is 25.6 Å². The zero-order valence-electron chi connectivity index (χ0n) is 17.2. The number of alkyl halides is 1. The lowest BCUT2D eigenvalue weighted by molar-refractivity contribution is -0.141. The molecule has 1 aliphatic heterocycles. The van der Waals surface area contributed by atoms with E-state index in [4.69, 9.17) is 0 Å². The third-order valence-electron chi connectivity index (χ3n) is 4.29. The molecule has 7 heteroatoms. The average Bonchev–Trinajstić information content (AvgIpc) is 3.17. The maximum atomic E-state index is 14.0. The second kappa shape index (κ2) is 13.4. The highest BCUT2D eigenvalue weighted by atomic mass is 19.1. The molecular formula is C20H34F2N2O3. The van der Waals surface area contributed by atoms with Crippen molar-refractivity contribution in [3.05, 3.63) is 34.0 Å². The van der Waals surface area contributed by atoms with Gasteiger partial charge >= 0.3 is 5.97 Å². The molecule has 1 aromatic rings. The average molecular weight is 388 g/mol. The van der Waals surface area contributed by atoms with Crippen LogP contribution in [0, 0.1) is 11.7 Å². The molecule has 2 heterocycles. The van der Waals surface area contributed by atoms with E-state index in [2.05, 4.69) is 4.90 Å². The molecule has 0 radical (unpaired) electrons. The Morgan fingerprint density at radius 2 is 1.78 bits per heavy atom. The van der Waals surface area contributed by atoms with Crippen molar-refractivity contribution in [1.82, 2.24) is 9.47 Å². The number of aromatic nitrogens is 1. The van der Waals surface area contributed by atoms with Crippen molar-refractivity contribution in [3.8, 4) is 0 Å². The molecule has 2 rings (SSSR count). The van der Waals surface area contributed by atoms with Crippen LogP contribution in [0.4, 0.5) is 8.78 Å². The largest absolute Gasteiger partial charge is 0.480 e. The number of nitrogens with zero attached hydrogens (tertiary/aromatic N) is 2. The number of halogens is 2. The summed E-state index contributed by atoms with van der Waals surface area (Å²) in [6.45, 7) is 10.7. The summed E-state index contributed by atoms with van der Waals surface area (Å²) < 4.78 is 24.5. The lowest BCUT2D eigenvalue weighted by atomic mass is 10.0. The fraction of sp³-hybridized carbons (Fsp3) is 0.700. The predicted molar refractivity (Wildman–Crippen MR) is 105 cm³/mol. The molecule has 156 valence electrons. The summed E-state index contributed by atoms with van der Waals surface area (Å²) in [6, 6.07) is 0.215.